The van der Waals surface area contributed by atoms with E-state index in [1.54, 1.807) is 0 Å². The summed E-state index contributed by atoms with van der Waals surface area (Å²) in [5.74, 6) is -2.15. The number of carboxylic acids is 2. The Morgan fingerprint density at radius 1 is 0.773 bits per heavy atom. The van der Waals surface area contributed by atoms with Crippen molar-refractivity contribution in [2.45, 2.75) is 84.0 Å². The van der Waals surface area contributed by atoms with Crippen molar-refractivity contribution in [2.24, 2.45) is 5.92 Å². The van der Waals surface area contributed by atoms with E-state index in [-0.39, 0.29) is 71.5 Å². The summed E-state index contributed by atoms with van der Waals surface area (Å²) in [7, 11) is 0. The predicted molar refractivity (Wildman–Crippen MR) is 74.6 cm³/mol. The molecule has 22 heavy (non-hydrogen) atoms. The van der Waals surface area contributed by atoms with E-state index in [1.165, 1.54) is 0 Å². The molecule has 0 radical (unpaired) electrons. The quantitative estimate of drug-likeness (QED) is 0.239. The van der Waals surface area contributed by atoms with Crippen molar-refractivity contribution in [1.29, 1.82) is 0 Å². The molecule has 0 rings (SSSR count). The minimum absolute atomic E-state index is 0. The Balaban J connectivity index is -0.00000180. The van der Waals surface area contributed by atoms with E-state index in [0.29, 0.717) is 6.42 Å². The summed E-state index contributed by atoms with van der Waals surface area (Å²) >= 11 is 0. The maximum atomic E-state index is 10.9. The molecule has 0 aliphatic rings. The Labute approximate surface area is 179 Å². The number of carbonyl (C=O) groups is 2. The fourth-order valence-electron chi connectivity index (χ4n) is 2.37. The van der Waals surface area contributed by atoms with Crippen molar-refractivity contribution < 1.29 is 78.9 Å². The van der Waals surface area contributed by atoms with Gasteiger partial charge in [0.2, 0.25) is 0 Å². The maximum absolute atomic E-state index is 10.9. The summed E-state index contributed by atoms with van der Waals surface area (Å²) in [6.07, 6.45) is 10.5. The van der Waals surface area contributed by atoms with Gasteiger partial charge in [-0.05, 0) is 31.6 Å². The van der Waals surface area contributed by atoms with Gasteiger partial charge in [0.25, 0.3) is 0 Å². The van der Waals surface area contributed by atoms with Crippen LogP contribution in [-0.2, 0) is 9.59 Å². The third-order valence-electron chi connectivity index (χ3n) is 3.67. The molecule has 0 aliphatic heterocycles. The second kappa shape index (κ2) is 20.0. The zero-order chi connectivity index (χ0) is 15.2. The summed E-state index contributed by atoms with van der Waals surface area (Å²) in [5.41, 5.74) is 0. The monoisotopic (exact) mass is 330 g/mol. The summed E-state index contributed by atoms with van der Waals surface area (Å²) in [6, 6.07) is 0. The van der Waals surface area contributed by atoms with Gasteiger partial charge in [0.15, 0.2) is 0 Å². The molecule has 0 amide bonds. The van der Waals surface area contributed by atoms with Crippen molar-refractivity contribution in [1.82, 2.24) is 0 Å². The second-order valence-corrected chi connectivity index (χ2v) is 5.54. The van der Waals surface area contributed by atoms with Gasteiger partial charge in [-0.3, -0.25) is 0 Å². The minimum atomic E-state index is -0.967. The van der Waals surface area contributed by atoms with Crippen LogP contribution in [0.4, 0.5) is 0 Å². The third kappa shape index (κ3) is 19.0. The van der Waals surface area contributed by atoms with E-state index < -0.39 is 11.9 Å². The standard InChI is InChI=1S/C16H30O4.2Na/c1-2-3-11-14(16(19)20)12-9-7-5-4-6-8-10-13-15(17)18;;/h14H,2-13H2,1H3,(H,17,18)(H,19,20);;/q;2*+1/p-2. The van der Waals surface area contributed by atoms with E-state index in [9.17, 15) is 19.8 Å². The first-order valence-electron chi connectivity index (χ1n) is 7.98. The molecule has 1 atom stereocenters. The van der Waals surface area contributed by atoms with Gasteiger partial charge in [0.05, 0.1) is 0 Å². The van der Waals surface area contributed by atoms with E-state index in [4.69, 9.17) is 0 Å². The molecular weight excluding hydrogens is 302 g/mol. The van der Waals surface area contributed by atoms with Gasteiger partial charge in [-0.1, -0.05) is 58.3 Å². The number of aliphatic carboxylic acids is 2. The number of hydrogen-bond donors (Lipinski definition) is 0. The van der Waals surface area contributed by atoms with Crippen LogP contribution in [0, 0.1) is 5.92 Å². The van der Waals surface area contributed by atoms with Crippen LogP contribution in [0.15, 0.2) is 0 Å². The molecule has 4 nitrogen and oxygen atoms in total. The molecule has 0 bridgehead atoms. The van der Waals surface area contributed by atoms with Crippen molar-refractivity contribution in [3.05, 3.63) is 0 Å². The Bertz CT molecular complexity index is 273. The molecule has 0 N–H and O–H groups in total. The van der Waals surface area contributed by atoms with Crippen LogP contribution in [0.5, 0.6) is 0 Å². The molecule has 0 aromatic rings. The van der Waals surface area contributed by atoms with Gasteiger partial charge in [0.1, 0.15) is 0 Å². The molecule has 0 aromatic heterocycles. The molecule has 0 saturated carbocycles. The Kier molecular flexibility index (Phi) is 25.2. The number of unbranched alkanes of at least 4 members (excludes halogenated alkanes) is 7. The van der Waals surface area contributed by atoms with Gasteiger partial charge in [-0.2, -0.15) is 0 Å². The van der Waals surface area contributed by atoms with E-state index >= 15 is 0 Å². The fraction of sp³-hybridized carbons (Fsp3) is 0.875. The van der Waals surface area contributed by atoms with Crippen LogP contribution in [0.3, 0.4) is 0 Å². The third-order valence-corrected chi connectivity index (χ3v) is 3.67. The normalized spacial score (nSPS) is 11.1. The number of carbonyl (C=O) groups excluding carboxylic acids is 2. The largest absolute Gasteiger partial charge is 1.00 e. The summed E-state index contributed by atoms with van der Waals surface area (Å²) in [5, 5.41) is 21.1. The van der Waals surface area contributed by atoms with E-state index in [0.717, 1.165) is 64.2 Å². The zero-order valence-corrected chi connectivity index (χ0v) is 18.7. The molecule has 0 aliphatic carbocycles. The van der Waals surface area contributed by atoms with Crippen molar-refractivity contribution in [3.63, 3.8) is 0 Å². The van der Waals surface area contributed by atoms with Crippen LogP contribution in [0.2, 0.25) is 0 Å². The SMILES string of the molecule is CCCCC(CCCCCCCCCC(=O)[O-])C(=O)[O-].[Na+].[Na+]. The van der Waals surface area contributed by atoms with E-state index in [1.807, 2.05) is 0 Å². The molecule has 0 heterocycles. The average molecular weight is 330 g/mol. The first-order valence-corrected chi connectivity index (χ1v) is 7.98. The zero-order valence-electron chi connectivity index (χ0n) is 14.7. The van der Waals surface area contributed by atoms with E-state index in [2.05, 4.69) is 6.92 Å². The molecule has 118 valence electrons. The molecule has 6 heteroatoms. The summed E-state index contributed by atoms with van der Waals surface area (Å²) in [4.78, 5) is 21.1. The van der Waals surface area contributed by atoms with Crippen LogP contribution in [0.1, 0.15) is 84.0 Å². The first kappa shape index (κ1) is 27.8. The molecule has 0 aromatic carbocycles. The summed E-state index contributed by atoms with van der Waals surface area (Å²) < 4.78 is 0. The van der Waals surface area contributed by atoms with Crippen molar-refractivity contribution in [3.8, 4) is 0 Å². The Hall–Kier alpha value is 0.940. The number of hydrogen-bond acceptors (Lipinski definition) is 4. The van der Waals surface area contributed by atoms with Crippen LogP contribution < -0.4 is 69.3 Å². The van der Waals surface area contributed by atoms with Gasteiger partial charge in [-0.25, -0.2) is 0 Å². The minimum Gasteiger partial charge on any atom is -0.550 e. The van der Waals surface area contributed by atoms with Gasteiger partial charge < -0.3 is 19.8 Å². The van der Waals surface area contributed by atoms with Crippen LogP contribution >= 0.6 is 0 Å². The second-order valence-electron chi connectivity index (χ2n) is 5.54. The van der Waals surface area contributed by atoms with Crippen molar-refractivity contribution in [2.75, 3.05) is 0 Å². The predicted octanol–water partition coefficient (Wildman–Crippen LogP) is -4.19. The Morgan fingerprint density at radius 2 is 1.23 bits per heavy atom. The number of carboxylic acid groups (broad SMARTS) is 2. The van der Waals surface area contributed by atoms with Crippen LogP contribution in [-0.4, -0.2) is 11.9 Å². The first-order chi connectivity index (χ1) is 9.57. The maximum Gasteiger partial charge on any atom is 1.00 e. The van der Waals surface area contributed by atoms with Crippen molar-refractivity contribution >= 4 is 11.9 Å². The summed E-state index contributed by atoms with van der Waals surface area (Å²) in [6.45, 7) is 2.06. The molecule has 1 unspecified atom stereocenters. The van der Waals surface area contributed by atoms with Gasteiger partial charge in [-0.15, -0.1) is 0 Å². The average Bonchev–Trinajstić information content (AvgIpc) is 2.39. The Morgan fingerprint density at radius 3 is 1.68 bits per heavy atom. The molecular formula is C16H28Na2O4. The fourth-order valence-corrected chi connectivity index (χ4v) is 2.37. The van der Waals surface area contributed by atoms with Gasteiger partial charge >= 0.3 is 59.1 Å². The number of rotatable bonds is 14. The topological polar surface area (TPSA) is 80.3 Å². The smallest absolute Gasteiger partial charge is 0.550 e. The van der Waals surface area contributed by atoms with Crippen LogP contribution in [0.25, 0.3) is 0 Å². The van der Waals surface area contributed by atoms with Gasteiger partial charge in [0, 0.05) is 11.9 Å². The molecule has 0 spiro atoms. The molecule has 0 saturated heterocycles. The molecule has 0 fully saturated rings.